The van der Waals surface area contributed by atoms with E-state index >= 15 is 0 Å². The van der Waals surface area contributed by atoms with Gasteiger partial charge in [0.2, 0.25) is 0 Å². The Labute approximate surface area is 72.7 Å². The van der Waals surface area contributed by atoms with E-state index in [1.54, 1.807) is 0 Å². The van der Waals surface area contributed by atoms with Gasteiger partial charge in [-0.3, -0.25) is 0 Å². The van der Waals surface area contributed by atoms with E-state index in [2.05, 4.69) is 6.92 Å². The van der Waals surface area contributed by atoms with E-state index in [0.717, 1.165) is 5.28 Å². The van der Waals surface area contributed by atoms with Crippen LogP contribution < -0.4 is 0 Å². The molecule has 0 bridgehead atoms. The molecule has 0 heterocycles. The van der Waals surface area contributed by atoms with Gasteiger partial charge in [0.1, 0.15) is 0 Å². The van der Waals surface area contributed by atoms with E-state index in [-0.39, 0.29) is 21.7 Å². The van der Waals surface area contributed by atoms with Gasteiger partial charge in [0.05, 0.1) is 0 Å². The summed E-state index contributed by atoms with van der Waals surface area (Å²) in [6, 6.07) is 0. The summed E-state index contributed by atoms with van der Waals surface area (Å²) in [6.07, 6.45) is 0.0725. The molecule has 1 nitrogen and oxygen atoms in total. The maximum atomic E-state index is 5.51. The van der Waals surface area contributed by atoms with Crippen molar-refractivity contribution in [3.8, 4) is 0 Å². The third-order valence-corrected chi connectivity index (χ3v) is 2.40. The average Bonchev–Trinajstić information content (AvgIpc) is 1.91. The number of hydrogen-bond donors (Lipinski definition) is 0. The Bertz CT molecular complexity index is 58.9. The molecule has 0 aromatic heterocycles. The fourth-order valence-electron chi connectivity index (χ4n) is 0.346. The van der Waals surface area contributed by atoms with Gasteiger partial charge in [-0.25, -0.2) is 0 Å². The molecular weight excluding hydrogens is 174 g/mol. The first kappa shape index (κ1) is 10.1. The third-order valence-electron chi connectivity index (χ3n) is 0.800. The topological polar surface area (TPSA) is 9.23 Å². The summed E-state index contributed by atoms with van der Waals surface area (Å²) in [6.45, 7) is 2.09. The third kappa shape index (κ3) is 5.51. The Morgan fingerprint density at radius 1 is 1.44 bits per heavy atom. The van der Waals surface area contributed by atoms with Gasteiger partial charge >= 0.3 is 72.6 Å². The zero-order valence-electron chi connectivity index (χ0n) is 5.44. The van der Waals surface area contributed by atoms with Crippen molar-refractivity contribution in [1.82, 2.24) is 0 Å². The molecule has 9 heavy (non-hydrogen) atoms. The molecule has 0 rings (SSSR count). The molecule has 0 aliphatic heterocycles. The summed E-state index contributed by atoms with van der Waals surface area (Å²) in [5.74, 6) is 1.02. The van der Waals surface area contributed by atoms with Crippen LogP contribution >= 0.6 is 23.2 Å². The molecule has 0 aliphatic rings. The molecule has 0 aliphatic carbocycles. The van der Waals surface area contributed by atoms with Crippen molar-refractivity contribution in [1.29, 1.82) is 0 Å². The van der Waals surface area contributed by atoms with Crippen molar-refractivity contribution in [3.05, 3.63) is 0 Å². The van der Waals surface area contributed by atoms with Crippen LogP contribution in [-0.4, -0.2) is 33.4 Å². The van der Waals surface area contributed by atoms with E-state index in [4.69, 9.17) is 27.0 Å². The van der Waals surface area contributed by atoms with Crippen LogP contribution in [-0.2, 0) is 3.79 Å². The Kier molecular flexibility index (Phi) is 8.04. The molecule has 4 heteroatoms. The van der Waals surface area contributed by atoms with Crippen LogP contribution in [0.25, 0.3) is 0 Å². The molecule has 0 saturated carbocycles. The first-order chi connectivity index (χ1) is 4.35. The number of halogens is 2. The van der Waals surface area contributed by atoms with Gasteiger partial charge in [-0.05, 0) is 0 Å². The molecule has 0 radical (unpaired) electrons. The standard InChI is InChI=1S/C3H5Cl2O.C2H5.Al/c4-1-3(6)2-5;1-2;/h3H,1-2H2;1H2,2H3;/q-1;;+2. The zero-order chi connectivity index (χ0) is 7.11. The van der Waals surface area contributed by atoms with Crippen LogP contribution in [0.1, 0.15) is 6.92 Å². The fourth-order valence-corrected chi connectivity index (χ4v) is 1.72. The molecule has 0 atom stereocenters. The molecule has 52 valence electrons. The molecule has 0 unspecified atom stereocenters. The number of alkyl halides is 2. The van der Waals surface area contributed by atoms with Gasteiger partial charge in [-0.15, -0.1) is 0 Å². The van der Waals surface area contributed by atoms with Crippen molar-refractivity contribution in [2.24, 2.45) is 0 Å². The van der Waals surface area contributed by atoms with Crippen LogP contribution in [0.3, 0.4) is 0 Å². The van der Waals surface area contributed by atoms with Crippen molar-refractivity contribution in [2.75, 3.05) is 11.8 Å². The Hall–Kier alpha value is 1.07. The second-order valence-electron chi connectivity index (χ2n) is 1.64. The van der Waals surface area contributed by atoms with Crippen molar-refractivity contribution < 1.29 is 3.79 Å². The van der Waals surface area contributed by atoms with Crippen molar-refractivity contribution >= 4 is 38.8 Å². The maximum absolute atomic E-state index is 5.51. The number of hydrogen-bond acceptors (Lipinski definition) is 1. The van der Waals surface area contributed by atoms with E-state index in [1.165, 1.54) is 0 Å². The van der Waals surface area contributed by atoms with Gasteiger partial charge in [-0.2, -0.15) is 0 Å². The zero-order valence-corrected chi connectivity index (χ0v) is 8.11. The Balaban J connectivity index is 3.09. The van der Waals surface area contributed by atoms with Gasteiger partial charge < -0.3 is 0 Å². The van der Waals surface area contributed by atoms with E-state index in [0.29, 0.717) is 11.8 Å². The summed E-state index contributed by atoms with van der Waals surface area (Å²) >= 11 is 11.1. The minimum atomic E-state index is 0.0725. The Morgan fingerprint density at radius 2 is 2.00 bits per heavy atom. The monoisotopic (exact) mass is 183 g/mol. The Morgan fingerprint density at radius 3 is 2.33 bits per heavy atom. The van der Waals surface area contributed by atoms with Gasteiger partial charge in [0.25, 0.3) is 0 Å². The van der Waals surface area contributed by atoms with E-state index in [9.17, 15) is 0 Å². The van der Waals surface area contributed by atoms with Crippen LogP contribution in [0.2, 0.25) is 5.28 Å². The molecule has 0 saturated heterocycles. The molecule has 0 amide bonds. The molecular formula is C5H10AlCl2O+. The molecule has 0 spiro atoms. The molecule has 0 aromatic rings. The van der Waals surface area contributed by atoms with Crippen LogP contribution in [0.15, 0.2) is 0 Å². The summed E-state index contributed by atoms with van der Waals surface area (Å²) in [5.41, 5.74) is 0. The average molecular weight is 184 g/mol. The van der Waals surface area contributed by atoms with Crippen molar-refractivity contribution in [3.63, 3.8) is 0 Å². The predicted molar refractivity (Wildman–Crippen MR) is 42.5 cm³/mol. The van der Waals surface area contributed by atoms with Crippen molar-refractivity contribution in [2.45, 2.75) is 18.3 Å². The van der Waals surface area contributed by atoms with Crippen LogP contribution in [0.5, 0.6) is 0 Å². The SMILES string of the molecule is C[CH2][Al+][O]C(CCl)CCl. The van der Waals surface area contributed by atoms with Gasteiger partial charge in [-0.1, -0.05) is 0 Å². The quantitative estimate of drug-likeness (QED) is 0.468. The summed E-state index contributed by atoms with van der Waals surface area (Å²) in [5, 5.41) is 1.10. The fraction of sp³-hybridized carbons (Fsp3) is 1.00. The second-order valence-corrected chi connectivity index (χ2v) is 3.68. The summed E-state index contributed by atoms with van der Waals surface area (Å²) < 4.78 is 5.31. The predicted octanol–water partition coefficient (Wildman–Crippen LogP) is 1.91. The second kappa shape index (κ2) is 7.18. The van der Waals surface area contributed by atoms with E-state index in [1.807, 2.05) is 0 Å². The first-order valence-corrected chi connectivity index (χ1v) is 5.29. The molecule has 0 aromatic carbocycles. The summed E-state index contributed by atoms with van der Waals surface area (Å²) in [7, 11) is 0. The normalized spacial score (nSPS) is 9.78. The summed E-state index contributed by atoms with van der Waals surface area (Å²) in [4.78, 5) is 0. The molecule has 0 N–H and O–H groups in total. The first-order valence-electron chi connectivity index (χ1n) is 2.94. The van der Waals surface area contributed by atoms with Gasteiger partial charge in [0.15, 0.2) is 0 Å². The van der Waals surface area contributed by atoms with Crippen LogP contribution in [0.4, 0.5) is 0 Å². The molecule has 0 fully saturated rings. The minimum absolute atomic E-state index is 0.0725. The number of rotatable bonds is 5. The van der Waals surface area contributed by atoms with E-state index < -0.39 is 0 Å². The van der Waals surface area contributed by atoms with Gasteiger partial charge in [0, 0.05) is 0 Å². The van der Waals surface area contributed by atoms with Crippen LogP contribution in [0, 0.1) is 0 Å².